The fourth-order valence-electron chi connectivity index (χ4n) is 2.46. The van der Waals surface area contributed by atoms with Gasteiger partial charge in [0.2, 0.25) is 15.9 Å². The zero-order valence-electron chi connectivity index (χ0n) is 13.0. The summed E-state index contributed by atoms with van der Waals surface area (Å²) in [7, 11) is -0.511. The van der Waals surface area contributed by atoms with E-state index in [1.807, 2.05) is 6.08 Å². The molecule has 6 heteroatoms. The van der Waals surface area contributed by atoms with Crippen molar-refractivity contribution < 1.29 is 13.2 Å². The van der Waals surface area contributed by atoms with Crippen LogP contribution in [0.15, 0.2) is 41.3 Å². The minimum Gasteiger partial charge on any atom is -0.352 e. The lowest BCUT2D eigenvalue weighted by Crippen LogP contribution is -2.32. The van der Waals surface area contributed by atoms with E-state index in [9.17, 15) is 13.2 Å². The van der Waals surface area contributed by atoms with Crippen LogP contribution in [0.2, 0.25) is 0 Å². The largest absolute Gasteiger partial charge is 0.352 e. The van der Waals surface area contributed by atoms with Gasteiger partial charge in [-0.1, -0.05) is 30.4 Å². The van der Waals surface area contributed by atoms with Crippen molar-refractivity contribution in [3.8, 4) is 0 Å². The molecule has 1 aliphatic carbocycles. The van der Waals surface area contributed by atoms with Crippen LogP contribution in [0.1, 0.15) is 24.8 Å². The van der Waals surface area contributed by atoms with Crippen molar-refractivity contribution in [2.45, 2.75) is 30.7 Å². The summed E-state index contributed by atoms with van der Waals surface area (Å²) in [5.74, 6) is -0.0241. The number of benzene rings is 1. The molecule has 0 saturated heterocycles. The highest BCUT2D eigenvalue weighted by Crippen LogP contribution is 2.20. The Morgan fingerprint density at radius 2 is 2.00 bits per heavy atom. The van der Waals surface area contributed by atoms with Crippen molar-refractivity contribution in [2.24, 2.45) is 5.92 Å². The Labute approximate surface area is 132 Å². The van der Waals surface area contributed by atoms with E-state index < -0.39 is 10.0 Å². The second kappa shape index (κ2) is 7.07. The minimum absolute atomic E-state index is 0.0115. The molecule has 0 spiro atoms. The summed E-state index contributed by atoms with van der Waals surface area (Å²) in [5.41, 5.74) is 0.607. The highest BCUT2D eigenvalue weighted by atomic mass is 32.2. The van der Waals surface area contributed by atoms with Crippen molar-refractivity contribution in [3.05, 3.63) is 42.0 Å². The van der Waals surface area contributed by atoms with Gasteiger partial charge >= 0.3 is 0 Å². The van der Waals surface area contributed by atoms with E-state index in [0.717, 1.165) is 19.3 Å². The summed E-state index contributed by atoms with van der Waals surface area (Å²) in [6.07, 6.45) is 6.63. The Bertz CT molecular complexity index is 666. The summed E-state index contributed by atoms with van der Waals surface area (Å²) in [4.78, 5) is 12.4. The van der Waals surface area contributed by atoms with Gasteiger partial charge in [-0.2, -0.15) is 0 Å². The van der Waals surface area contributed by atoms with Gasteiger partial charge in [-0.25, -0.2) is 12.7 Å². The fraction of sp³-hybridized carbons (Fsp3) is 0.438. The first-order chi connectivity index (χ1) is 10.4. The number of carbonyl (C=O) groups excluding carboxylic acids is 1. The Morgan fingerprint density at radius 3 is 2.64 bits per heavy atom. The summed E-state index contributed by atoms with van der Waals surface area (Å²) in [6, 6.07) is 6.77. The molecule has 120 valence electrons. The van der Waals surface area contributed by atoms with Crippen LogP contribution < -0.4 is 5.32 Å². The van der Waals surface area contributed by atoms with Gasteiger partial charge in [0.1, 0.15) is 0 Å². The van der Waals surface area contributed by atoms with E-state index in [2.05, 4.69) is 11.4 Å². The smallest absolute Gasteiger partial charge is 0.242 e. The van der Waals surface area contributed by atoms with E-state index in [1.54, 1.807) is 24.3 Å². The van der Waals surface area contributed by atoms with Gasteiger partial charge in [0.05, 0.1) is 4.90 Å². The number of carbonyl (C=O) groups is 1. The predicted octanol–water partition coefficient (Wildman–Crippen LogP) is 1.91. The van der Waals surface area contributed by atoms with Crippen LogP contribution in [-0.2, 0) is 21.4 Å². The molecule has 1 amide bonds. The van der Waals surface area contributed by atoms with Crippen LogP contribution in [0.4, 0.5) is 0 Å². The molecule has 5 nitrogen and oxygen atoms in total. The Hall–Kier alpha value is -1.66. The van der Waals surface area contributed by atoms with E-state index >= 15 is 0 Å². The second-order valence-electron chi connectivity index (χ2n) is 5.59. The van der Waals surface area contributed by atoms with Crippen LogP contribution in [0.25, 0.3) is 0 Å². The third kappa shape index (κ3) is 3.75. The molecular formula is C16H22N2O3S. The van der Waals surface area contributed by atoms with Gasteiger partial charge < -0.3 is 5.32 Å². The topological polar surface area (TPSA) is 66.5 Å². The minimum atomic E-state index is -3.51. The van der Waals surface area contributed by atoms with Crippen LogP contribution in [0, 0.1) is 5.92 Å². The molecular weight excluding hydrogens is 300 g/mol. The predicted molar refractivity (Wildman–Crippen MR) is 85.6 cm³/mol. The van der Waals surface area contributed by atoms with Crippen LogP contribution in [0.3, 0.4) is 0 Å². The van der Waals surface area contributed by atoms with Crippen molar-refractivity contribution in [1.29, 1.82) is 0 Å². The second-order valence-corrected chi connectivity index (χ2v) is 7.71. The lowest BCUT2D eigenvalue weighted by atomic mass is 9.93. The van der Waals surface area contributed by atoms with Gasteiger partial charge in [-0.05, 0) is 30.9 Å². The number of nitrogens with one attached hydrogen (secondary N) is 1. The molecule has 22 heavy (non-hydrogen) atoms. The maximum Gasteiger partial charge on any atom is 0.242 e. The molecule has 1 aromatic carbocycles. The average molecular weight is 322 g/mol. The molecule has 1 aliphatic rings. The molecule has 0 bridgehead atoms. The molecule has 1 N–H and O–H groups in total. The van der Waals surface area contributed by atoms with Crippen molar-refractivity contribution >= 4 is 15.9 Å². The zero-order chi connectivity index (χ0) is 16.2. The first kappa shape index (κ1) is 16.7. The van der Waals surface area contributed by atoms with Crippen LogP contribution in [-0.4, -0.2) is 32.7 Å². The van der Waals surface area contributed by atoms with Gasteiger partial charge in [0, 0.05) is 26.6 Å². The SMILES string of the molecule is CN(C)S(=O)(=O)c1ccccc1CNC(=O)C1CC=CCC1. The van der Waals surface area contributed by atoms with Crippen LogP contribution >= 0.6 is 0 Å². The van der Waals surface area contributed by atoms with Crippen molar-refractivity contribution in [1.82, 2.24) is 9.62 Å². The highest BCUT2D eigenvalue weighted by molar-refractivity contribution is 7.89. The van der Waals surface area contributed by atoms with Gasteiger partial charge in [-0.3, -0.25) is 4.79 Å². The van der Waals surface area contributed by atoms with E-state index in [0.29, 0.717) is 5.56 Å². The monoisotopic (exact) mass is 322 g/mol. The summed E-state index contributed by atoms with van der Waals surface area (Å²) >= 11 is 0. The Morgan fingerprint density at radius 1 is 1.27 bits per heavy atom. The number of amides is 1. The molecule has 1 unspecified atom stereocenters. The molecule has 0 fully saturated rings. The first-order valence-electron chi connectivity index (χ1n) is 7.36. The summed E-state index contributed by atoms with van der Waals surface area (Å²) in [6.45, 7) is 0.224. The quantitative estimate of drug-likeness (QED) is 0.842. The summed E-state index contributed by atoms with van der Waals surface area (Å²) < 4.78 is 25.8. The fourth-order valence-corrected chi connectivity index (χ4v) is 3.57. The lowest BCUT2D eigenvalue weighted by molar-refractivity contribution is -0.125. The van der Waals surface area contributed by atoms with Gasteiger partial charge in [0.15, 0.2) is 0 Å². The maximum atomic E-state index is 12.3. The van der Waals surface area contributed by atoms with Crippen LogP contribution in [0.5, 0.6) is 0 Å². The Balaban J connectivity index is 2.11. The third-order valence-electron chi connectivity index (χ3n) is 3.82. The molecule has 0 heterocycles. The Kier molecular flexibility index (Phi) is 5.37. The molecule has 0 aromatic heterocycles. The van der Waals surface area contributed by atoms with Crippen molar-refractivity contribution in [3.63, 3.8) is 0 Å². The summed E-state index contributed by atoms with van der Waals surface area (Å²) in [5, 5.41) is 2.86. The molecule has 1 aromatic rings. The van der Waals surface area contributed by atoms with Gasteiger partial charge in [-0.15, -0.1) is 0 Å². The molecule has 1 atom stereocenters. The molecule has 2 rings (SSSR count). The molecule has 0 saturated carbocycles. The van der Waals surface area contributed by atoms with E-state index in [-0.39, 0.29) is 23.3 Å². The maximum absolute atomic E-state index is 12.3. The third-order valence-corrected chi connectivity index (χ3v) is 5.74. The normalized spacial score (nSPS) is 18.4. The van der Waals surface area contributed by atoms with Gasteiger partial charge in [0.25, 0.3) is 0 Å². The average Bonchev–Trinajstić information content (AvgIpc) is 2.53. The number of sulfonamides is 1. The van der Waals surface area contributed by atoms with Crippen molar-refractivity contribution in [2.75, 3.05) is 14.1 Å². The number of rotatable bonds is 5. The lowest BCUT2D eigenvalue weighted by Gasteiger charge is -2.19. The van der Waals surface area contributed by atoms with E-state index in [1.165, 1.54) is 18.4 Å². The standard InChI is InChI=1S/C16H22N2O3S/c1-18(2)22(20,21)15-11-7-6-10-14(15)12-17-16(19)13-8-4-3-5-9-13/h3-4,6-7,10-11,13H,5,8-9,12H2,1-2H3,(H,17,19). The zero-order valence-corrected chi connectivity index (χ0v) is 13.8. The van der Waals surface area contributed by atoms with E-state index in [4.69, 9.17) is 0 Å². The molecule has 0 radical (unpaired) electrons. The first-order valence-corrected chi connectivity index (χ1v) is 8.80. The molecule has 0 aliphatic heterocycles. The highest BCUT2D eigenvalue weighted by Gasteiger charge is 2.22. The number of nitrogens with zero attached hydrogens (tertiary/aromatic N) is 1. The number of hydrogen-bond donors (Lipinski definition) is 1. The number of allylic oxidation sites excluding steroid dienone is 2. The number of hydrogen-bond acceptors (Lipinski definition) is 3.